The van der Waals surface area contributed by atoms with Crippen molar-refractivity contribution < 1.29 is 25.8 Å². The topological polar surface area (TPSA) is 61.2 Å². The molecule has 0 aliphatic rings. The SMILES string of the molecule is O=S(=O)(Oc1ccc2cc(-c3ccc(-c4nc5ccccc5n4-c4ccccc4)cc3)ccc2c1)C(F)(F)F. The summed E-state index contributed by atoms with van der Waals surface area (Å²) in [7, 11) is -5.73. The van der Waals surface area contributed by atoms with Gasteiger partial charge >= 0.3 is 15.6 Å². The number of benzene rings is 5. The van der Waals surface area contributed by atoms with Gasteiger partial charge in [-0.2, -0.15) is 21.6 Å². The van der Waals surface area contributed by atoms with Crippen molar-refractivity contribution >= 4 is 31.9 Å². The number of aromatic nitrogens is 2. The zero-order chi connectivity index (χ0) is 27.2. The maximum absolute atomic E-state index is 12.7. The van der Waals surface area contributed by atoms with Crippen LogP contribution in [0.5, 0.6) is 5.75 Å². The second-order valence-corrected chi connectivity index (χ2v) is 10.4. The smallest absolute Gasteiger partial charge is 0.376 e. The van der Waals surface area contributed by atoms with Gasteiger partial charge in [0.1, 0.15) is 11.6 Å². The van der Waals surface area contributed by atoms with E-state index in [1.54, 1.807) is 6.07 Å². The van der Waals surface area contributed by atoms with Gasteiger partial charge < -0.3 is 4.18 Å². The summed E-state index contributed by atoms with van der Waals surface area (Å²) in [6.45, 7) is 0. The Morgan fingerprint density at radius 2 is 1.28 bits per heavy atom. The molecule has 39 heavy (non-hydrogen) atoms. The Labute approximate surface area is 221 Å². The number of hydrogen-bond acceptors (Lipinski definition) is 4. The Morgan fingerprint density at radius 1 is 0.667 bits per heavy atom. The van der Waals surface area contributed by atoms with Crippen molar-refractivity contribution in [3.05, 3.63) is 115 Å². The lowest BCUT2D eigenvalue weighted by atomic mass is 10.00. The third kappa shape index (κ3) is 4.61. The largest absolute Gasteiger partial charge is 0.534 e. The van der Waals surface area contributed by atoms with Crippen LogP contribution in [0.2, 0.25) is 0 Å². The van der Waals surface area contributed by atoms with Crippen LogP contribution in [0.4, 0.5) is 13.2 Å². The van der Waals surface area contributed by atoms with Crippen molar-refractivity contribution in [2.75, 3.05) is 0 Å². The molecule has 0 atom stereocenters. The first kappa shape index (κ1) is 24.7. The lowest BCUT2D eigenvalue weighted by molar-refractivity contribution is -0.0500. The normalized spacial score (nSPS) is 12.2. The highest BCUT2D eigenvalue weighted by molar-refractivity contribution is 7.88. The van der Waals surface area contributed by atoms with E-state index in [9.17, 15) is 21.6 Å². The standard InChI is InChI=1S/C30H19F3N2O3S/c31-30(32,33)39(36,37)38-26-17-16-23-18-22(14-15-24(23)19-26)20-10-12-21(13-11-20)29-34-27-8-4-5-9-28(27)35(29)25-6-2-1-3-7-25/h1-19H. The van der Waals surface area contributed by atoms with Crippen molar-refractivity contribution in [1.82, 2.24) is 9.55 Å². The van der Waals surface area contributed by atoms with E-state index < -0.39 is 21.4 Å². The Balaban J connectivity index is 1.33. The Morgan fingerprint density at radius 3 is 2.03 bits per heavy atom. The summed E-state index contributed by atoms with van der Waals surface area (Å²) in [6.07, 6.45) is 0. The van der Waals surface area contributed by atoms with E-state index in [4.69, 9.17) is 4.98 Å². The molecule has 1 aromatic heterocycles. The maximum atomic E-state index is 12.7. The lowest BCUT2D eigenvalue weighted by Crippen LogP contribution is -2.28. The van der Waals surface area contributed by atoms with E-state index in [0.717, 1.165) is 44.6 Å². The first-order valence-corrected chi connectivity index (χ1v) is 13.3. The van der Waals surface area contributed by atoms with Gasteiger partial charge in [0, 0.05) is 11.3 Å². The van der Waals surface area contributed by atoms with Crippen LogP contribution in [0.3, 0.4) is 0 Å². The second-order valence-electron chi connectivity index (χ2n) is 8.88. The zero-order valence-corrected chi connectivity index (χ0v) is 20.9. The molecule has 5 nitrogen and oxygen atoms in total. The van der Waals surface area contributed by atoms with Crippen molar-refractivity contribution in [2.24, 2.45) is 0 Å². The van der Waals surface area contributed by atoms with Gasteiger partial charge in [-0.15, -0.1) is 0 Å². The highest BCUT2D eigenvalue weighted by Gasteiger charge is 2.48. The minimum absolute atomic E-state index is 0.404. The van der Waals surface area contributed by atoms with Crippen molar-refractivity contribution in [1.29, 1.82) is 0 Å². The fourth-order valence-electron chi connectivity index (χ4n) is 4.50. The predicted molar refractivity (Wildman–Crippen MR) is 145 cm³/mol. The van der Waals surface area contributed by atoms with E-state index in [2.05, 4.69) is 8.75 Å². The van der Waals surface area contributed by atoms with Gasteiger partial charge in [0.05, 0.1) is 11.0 Å². The first-order valence-electron chi connectivity index (χ1n) is 11.9. The molecule has 6 rings (SSSR count). The molecule has 0 radical (unpaired) electrons. The number of fused-ring (bicyclic) bond motifs is 2. The molecule has 0 aliphatic carbocycles. The molecule has 5 aromatic carbocycles. The Hall–Kier alpha value is -4.63. The zero-order valence-electron chi connectivity index (χ0n) is 20.1. The summed E-state index contributed by atoms with van der Waals surface area (Å²) in [4.78, 5) is 4.89. The molecule has 0 fully saturated rings. The molecule has 0 amide bonds. The predicted octanol–water partition coefficient (Wildman–Crippen LogP) is 7.74. The quantitative estimate of drug-likeness (QED) is 0.165. The number of imidazole rings is 1. The van der Waals surface area contributed by atoms with E-state index in [1.807, 2.05) is 91.0 Å². The minimum Gasteiger partial charge on any atom is -0.376 e. The number of para-hydroxylation sites is 3. The molecule has 0 unspecified atom stereocenters. The van der Waals surface area contributed by atoms with E-state index in [-0.39, 0.29) is 0 Å². The number of alkyl halides is 3. The van der Waals surface area contributed by atoms with Crippen LogP contribution in [-0.2, 0) is 10.1 Å². The molecule has 0 N–H and O–H groups in total. The van der Waals surface area contributed by atoms with Gasteiger partial charge in [-0.05, 0) is 64.4 Å². The summed E-state index contributed by atoms with van der Waals surface area (Å²) in [6, 6.07) is 35.4. The summed E-state index contributed by atoms with van der Waals surface area (Å²) in [5, 5.41) is 1.26. The van der Waals surface area contributed by atoms with Crippen molar-refractivity contribution in [3.8, 4) is 34.0 Å². The van der Waals surface area contributed by atoms with Gasteiger partial charge in [0.25, 0.3) is 0 Å². The second kappa shape index (κ2) is 9.28. The summed E-state index contributed by atoms with van der Waals surface area (Å²) < 4.78 is 67.0. The number of hydrogen-bond donors (Lipinski definition) is 0. The minimum atomic E-state index is -5.73. The summed E-state index contributed by atoms with van der Waals surface area (Å²) in [5.74, 6) is 0.409. The van der Waals surface area contributed by atoms with Gasteiger partial charge in [-0.1, -0.05) is 72.8 Å². The average molecular weight is 545 g/mol. The van der Waals surface area contributed by atoms with E-state index >= 15 is 0 Å². The third-order valence-electron chi connectivity index (χ3n) is 6.35. The van der Waals surface area contributed by atoms with Crippen LogP contribution in [0, 0.1) is 0 Å². The molecule has 1 heterocycles. The van der Waals surface area contributed by atoms with Crippen LogP contribution in [-0.4, -0.2) is 23.5 Å². The summed E-state index contributed by atoms with van der Waals surface area (Å²) >= 11 is 0. The third-order valence-corrected chi connectivity index (χ3v) is 7.33. The molecule has 0 aliphatic heterocycles. The fraction of sp³-hybridized carbons (Fsp3) is 0.0333. The molecule has 6 aromatic rings. The highest BCUT2D eigenvalue weighted by Crippen LogP contribution is 2.33. The molecular weight excluding hydrogens is 525 g/mol. The monoisotopic (exact) mass is 544 g/mol. The average Bonchev–Trinajstić information content (AvgIpc) is 3.32. The van der Waals surface area contributed by atoms with Gasteiger partial charge in [-0.25, -0.2) is 4.98 Å². The lowest BCUT2D eigenvalue weighted by Gasteiger charge is -2.11. The number of rotatable bonds is 5. The van der Waals surface area contributed by atoms with Crippen molar-refractivity contribution in [2.45, 2.75) is 5.51 Å². The van der Waals surface area contributed by atoms with Gasteiger partial charge in [0.2, 0.25) is 0 Å². The Kier molecular flexibility index (Phi) is 5.88. The fourth-order valence-corrected chi connectivity index (χ4v) is 4.95. The number of nitrogens with zero attached hydrogens (tertiary/aromatic N) is 2. The molecule has 0 saturated carbocycles. The molecular formula is C30H19F3N2O3S. The maximum Gasteiger partial charge on any atom is 0.534 e. The van der Waals surface area contributed by atoms with Gasteiger partial charge in [0.15, 0.2) is 0 Å². The molecule has 9 heteroatoms. The van der Waals surface area contributed by atoms with Crippen LogP contribution in [0.15, 0.2) is 115 Å². The Bertz CT molecular complexity index is 1930. The van der Waals surface area contributed by atoms with Crippen LogP contribution < -0.4 is 4.18 Å². The summed E-state index contributed by atoms with van der Waals surface area (Å²) in [5.41, 5.74) is 0.164. The van der Waals surface area contributed by atoms with E-state index in [1.165, 1.54) is 18.2 Å². The van der Waals surface area contributed by atoms with Crippen LogP contribution in [0.1, 0.15) is 0 Å². The number of halogens is 3. The molecule has 194 valence electrons. The van der Waals surface area contributed by atoms with E-state index in [0.29, 0.717) is 5.39 Å². The molecule has 0 saturated heterocycles. The highest BCUT2D eigenvalue weighted by atomic mass is 32.2. The van der Waals surface area contributed by atoms with Crippen LogP contribution >= 0.6 is 0 Å². The van der Waals surface area contributed by atoms with Crippen LogP contribution in [0.25, 0.3) is 50.0 Å². The molecule has 0 bridgehead atoms. The first-order chi connectivity index (χ1) is 18.7. The van der Waals surface area contributed by atoms with Gasteiger partial charge in [-0.3, -0.25) is 4.57 Å². The van der Waals surface area contributed by atoms with Crippen molar-refractivity contribution in [3.63, 3.8) is 0 Å². The molecule has 0 spiro atoms.